The van der Waals surface area contributed by atoms with Crippen LogP contribution in [0.25, 0.3) is 0 Å². The zero-order chi connectivity index (χ0) is 17.6. The number of cyclic esters (lactones) is 1. The molecule has 9 heteroatoms. The van der Waals surface area contributed by atoms with Gasteiger partial charge < -0.3 is 14.8 Å². The van der Waals surface area contributed by atoms with Crippen molar-refractivity contribution < 1.29 is 31.7 Å². The van der Waals surface area contributed by atoms with Gasteiger partial charge in [-0.2, -0.15) is 8.42 Å². The highest BCUT2D eigenvalue weighted by molar-refractivity contribution is 7.85. The molecule has 1 saturated heterocycles. The van der Waals surface area contributed by atoms with Crippen LogP contribution >= 0.6 is 0 Å². The molecule has 0 radical (unpaired) electrons. The average Bonchev–Trinajstić information content (AvgIpc) is 2.85. The largest absolute Gasteiger partial charge is 0.461 e. The first-order valence-electron chi connectivity index (χ1n) is 7.35. The van der Waals surface area contributed by atoms with Gasteiger partial charge in [0.05, 0.1) is 12.9 Å². The molecule has 1 aliphatic heterocycles. The van der Waals surface area contributed by atoms with Crippen LogP contribution in [0.2, 0.25) is 0 Å². The van der Waals surface area contributed by atoms with E-state index in [9.17, 15) is 18.0 Å². The predicted octanol–water partition coefficient (Wildman–Crippen LogP) is 0.963. The molecule has 2 atom stereocenters. The Balaban J connectivity index is 1.72. The maximum absolute atomic E-state index is 11.7. The van der Waals surface area contributed by atoms with Crippen LogP contribution in [-0.2, 0) is 35.2 Å². The molecule has 1 heterocycles. The molecule has 1 N–H and O–H groups in total. The molecule has 1 aromatic rings. The molecule has 0 aromatic heterocycles. The third kappa shape index (κ3) is 6.17. The molecular formula is C15H19NO7S. The Hall–Kier alpha value is -2.13. The number of esters is 1. The van der Waals surface area contributed by atoms with Crippen LogP contribution < -0.4 is 5.32 Å². The maximum atomic E-state index is 11.7. The van der Waals surface area contributed by atoms with Gasteiger partial charge in [0.1, 0.15) is 18.8 Å². The van der Waals surface area contributed by atoms with Gasteiger partial charge in [-0.15, -0.1) is 0 Å². The fourth-order valence-corrected chi connectivity index (χ4v) is 2.59. The van der Waals surface area contributed by atoms with Gasteiger partial charge in [0.15, 0.2) is 0 Å². The van der Waals surface area contributed by atoms with Gasteiger partial charge in [0, 0.05) is 12.8 Å². The quantitative estimate of drug-likeness (QED) is 0.572. The van der Waals surface area contributed by atoms with Gasteiger partial charge in [-0.3, -0.25) is 4.18 Å². The summed E-state index contributed by atoms with van der Waals surface area (Å²) in [6.45, 7) is 0.0159. The minimum atomic E-state index is -3.53. The maximum Gasteiger partial charge on any atom is 0.408 e. The number of alkyl carbamates (subject to hydrolysis) is 1. The topological polar surface area (TPSA) is 108 Å². The van der Waals surface area contributed by atoms with Crippen molar-refractivity contribution in [1.29, 1.82) is 0 Å². The van der Waals surface area contributed by atoms with Gasteiger partial charge in [-0.05, 0) is 5.56 Å². The number of carbonyl (C=O) groups excluding carboxylic acids is 2. The van der Waals surface area contributed by atoms with Gasteiger partial charge >= 0.3 is 12.1 Å². The first-order valence-corrected chi connectivity index (χ1v) is 9.17. The fourth-order valence-electron chi connectivity index (χ4n) is 2.19. The lowest BCUT2D eigenvalue weighted by Crippen LogP contribution is -2.38. The fraction of sp³-hybridized carbons (Fsp3) is 0.467. The van der Waals surface area contributed by atoms with E-state index in [4.69, 9.17) is 9.47 Å². The van der Waals surface area contributed by atoms with Gasteiger partial charge in [-0.25, -0.2) is 9.59 Å². The number of amides is 1. The van der Waals surface area contributed by atoms with E-state index in [-0.39, 0.29) is 26.1 Å². The number of carbonyl (C=O) groups is 2. The van der Waals surface area contributed by atoms with Crippen LogP contribution in [0.15, 0.2) is 30.3 Å². The van der Waals surface area contributed by atoms with Crippen molar-refractivity contribution in [3.8, 4) is 0 Å². The smallest absolute Gasteiger partial charge is 0.408 e. The van der Waals surface area contributed by atoms with Crippen molar-refractivity contribution in [3.63, 3.8) is 0 Å². The lowest BCUT2D eigenvalue weighted by molar-refractivity contribution is -0.143. The Morgan fingerprint density at radius 2 is 2.04 bits per heavy atom. The first-order chi connectivity index (χ1) is 11.3. The van der Waals surface area contributed by atoms with Crippen LogP contribution in [-0.4, -0.2) is 45.5 Å². The van der Waals surface area contributed by atoms with Gasteiger partial charge in [-0.1, -0.05) is 30.3 Å². The van der Waals surface area contributed by atoms with E-state index in [0.717, 1.165) is 11.8 Å². The summed E-state index contributed by atoms with van der Waals surface area (Å²) in [6, 6.07) is 8.33. The third-order valence-electron chi connectivity index (χ3n) is 3.31. The number of nitrogens with one attached hydrogen (secondary N) is 1. The number of hydrogen-bond donors (Lipinski definition) is 1. The molecule has 1 aromatic carbocycles. The Morgan fingerprint density at radius 3 is 2.71 bits per heavy atom. The zero-order valence-corrected chi connectivity index (χ0v) is 14.0. The second-order valence-electron chi connectivity index (χ2n) is 5.37. The van der Waals surface area contributed by atoms with Crippen molar-refractivity contribution >= 4 is 22.2 Å². The second kappa shape index (κ2) is 8.11. The summed E-state index contributed by atoms with van der Waals surface area (Å²) in [5, 5.41) is 2.44. The third-order valence-corrected chi connectivity index (χ3v) is 3.90. The summed E-state index contributed by atoms with van der Waals surface area (Å²) in [7, 11) is -3.53. The Bertz CT molecular complexity index is 674. The molecule has 24 heavy (non-hydrogen) atoms. The molecule has 0 spiro atoms. The SMILES string of the molecule is CS(=O)(=O)OCC[C@@H]1C[C@H](NC(=O)OCc2ccccc2)C(=O)O1. The molecule has 1 fully saturated rings. The molecule has 132 valence electrons. The highest BCUT2D eigenvalue weighted by atomic mass is 32.2. The van der Waals surface area contributed by atoms with Crippen LogP contribution in [0.3, 0.4) is 0 Å². The summed E-state index contributed by atoms with van der Waals surface area (Å²) < 4.78 is 36.4. The normalized spacial score (nSPS) is 20.5. The van der Waals surface area contributed by atoms with Crippen molar-refractivity contribution in [1.82, 2.24) is 5.32 Å². The molecule has 8 nitrogen and oxygen atoms in total. The van der Waals surface area contributed by atoms with Crippen LogP contribution in [0, 0.1) is 0 Å². The van der Waals surface area contributed by atoms with E-state index in [1.165, 1.54) is 0 Å². The highest BCUT2D eigenvalue weighted by Crippen LogP contribution is 2.18. The minimum Gasteiger partial charge on any atom is -0.461 e. The lowest BCUT2D eigenvalue weighted by atomic mass is 10.1. The first kappa shape index (κ1) is 18.2. The monoisotopic (exact) mass is 357 g/mol. The summed E-state index contributed by atoms with van der Waals surface area (Å²) in [6.07, 6.45) is 0.205. The van der Waals surface area contributed by atoms with E-state index in [1.54, 1.807) is 0 Å². The van der Waals surface area contributed by atoms with Crippen LogP contribution in [0.4, 0.5) is 4.79 Å². The number of hydrogen-bond acceptors (Lipinski definition) is 7. The Morgan fingerprint density at radius 1 is 1.33 bits per heavy atom. The minimum absolute atomic E-state index is 0.0814. The Labute approximate surface area is 140 Å². The van der Waals surface area contributed by atoms with Crippen molar-refractivity contribution in [2.75, 3.05) is 12.9 Å². The van der Waals surface area contributed by atoms with E-state index < -0.39 is 34.3 Å². The van der Waals surface area contributed by atoms with Crippen molar-refractivity contribution in [2.45, 2.75) is 31.6 Å². The van der Waals surface area contributed by atoms with E-state index in [1.807, 2.05) is 30.3 Å². The summed E-state index contributed by atoms with van der Waals surface area (Å²) >= 11 is 0. The molecule has 2 rings (SSSR count). The van der Waals surface area contributed by atoms with Crippen LogP contribution in [0.5, 0.6) is 0 Å². The van der Waals surface area contributed by atoms with Crippen LogP contribution in [0.1, 0.15) is 18.4 Å². The molecule has 0 unspecified atom stereocenters. The van der Waals surface area contributed by atoms with Gasteiger partial charge in [0.25, 0.3) is 10.1 Å². The molecule has 0 saturated carbocycles. The number of ether oxygens (including phenoxy) is 2. The lowest BCUT2D eigenvalue weighted by Gasteiger charge is -2.10. The standard InChI is InChI=1S/C15H19NO7S/c1-24(19,20)22-8-7-12-9-13(14(17)23-12)16-15(18)21-10-11-5-3-2-4-6-11/h2-6,12-13H,7-10H2,1H3,(H,16,18)/t12-,13+/m1/s1. The second-order valence-corrected chi connectivity index (χ2v) is 7.01. The predicted molar refractivity (Wildman–Crippen MR) is 83.5 cm³/mol. The van der Waals surface area contributed by atoms with E-state index in [2.05, 4.69) is 9.50 Å². The Kier molecular flexibility index (Phi) is 6.16. The molecule has 1 aliphatic rings. The van der Waals surface area contributed by atoms with E-state index in [0.29, 0.717) is 0 Å². The zero-order valence-electron chi connectivity index (χ0n) is 13.1. The van der Waals surface area contributed by atoms with E-state index >= 15 is 0 Å². The highest BCUT2D eigenvalue weighted by Gasteiger charge is 2.35. The summed E-state index contributed by atoms with van der Waals surface area (Å²) in [4.78, 5) is 23.4. The molecular weight excluding hydrogens is 338 g/mol. The number of benzene rings is 1. The number of rotatable bonds is 7. The summed E-state index contributed by atoms with van der Waals surface area (Å²) in [5.41, 5.74) is 0.831. The van der Waals surface area contributed by atoms with Crippen molar-refractivity contribution in [3.05, 3.63) is 35.9 Å². The average molecular weight is 357 g/mol. The summed E-state index contributed by atoms with van der Waals surface area (Å²) in [5.74, 6) is -0.573. The molecule has 1 amide bonds. The van der Waals surface area contributed by atoms with Crippen molar-refractivity contribution in [2.24, 2.45) is 0 Å². The molecule has 0 aliphatic carbocycles. The van der Waals surface area contributed by atoms with Gasteiger partial charge in [0.2, 0.25) is 0 Å². The molecule has 0 bridgehead atoms.